The predicted molar refractivity (Wildman–Crippen MR) is 62.3 cm³/mol. The monoisotopic (exact) mass is 225 g/mol. The minimum absolute atomic E-state index is 0.0554. The Kier molecular flexibility index (Phi) is 4.49. The molecule has 0 aromatic carbocycles. The third-order valence-corrected chi connectivity index (χ3v) is 2.54. The topological polar surface area (TPSA) is 67.2 Å². The Hall–Kier alpha value is -1.36. The van der Waals surface area contributed by atoms with Crippen LogP contribution in [0.15, 0.2) is 4.52 Å². The van der Waals surface area contributed by atoms with Gasteiger partial charge in [0.05, 0.1) is 5.69 Å². The molecule has 1 atom stereocenters. The molecule has 0 fully saturated rings. The molecule has 0 aliphatic heterocycles. The molecule has 0 aliphatic rings. The Morgan fingerprint density at radius 3 is 2.69 bits per heavy atom. The van der Waals surface area contributed by atoms with E-state index in [2.05, 4.69) is 15.8 Å². The molecule has 1 amide bonds. The second-order valence-electron chi connectivity index (χ2n) is 3.92. The van der Waals surface area contributed by atoms with Crippen LogP contribution in [0.3, 0.4) is 0 Å². The van der Waals surface area contributed by atoms with Crippen LogP contribution >= 0.6 is 0 Å². The number of carbonyl (C=O) groups excluding carboxylic acids is 1. The fraction of sp³-hybridized carbons (Fsp3) is 0.636. The van der Waals surface area contributed by atoms with E-state index in [-0.39, 0.29) is 11.8 Å². The molecule has 5 heteroatoms. The van der Waals surface area contributed by atoms with Crippen LogP contribution in [-0.2, 0) is 4.79 Å². The molecule has 0 spiro atoms. The fourth-order valence-corrected chi connectivity index (χ4v) is 1.22. The Balaban J connectivity index is 2.54. The molecule has 0 bridgehead atoms. The van der Waals surface area contributed by atoms with Crippen molar-refractivity contribution >= 4 is 11.8 Å². The zero-order valence-corrected chi connectivity index (χ0v) is 10.3. The van der Waals surface area contributed by atoms with Crippen molar-refractivity contribution in [2.45, 2.75) is 27.7 Å². The van der Waals surface area contributed by atoms with Gasteiger partial charge in [-0.15, -0.1) is 0 Å². The second-order valence-corrected chi connectivity index (χ2v) is 3.92. The van der Waals surface area contributed by atoms with Gasteiger partial charge in [0.25, 0.3) is 0 Å². The van der Waals surface area contributed by atoms with Crippen LogP contribution in [-0.4, -0.2) is 24.2 Å². The van der Waals surface area contributed by atoms with E-state index in [1.165, 1.54) is 0 Å². The van der Waals surface area contributed by atoms with Crippen molar-refractivity contribution in [3.8, 4) is 0 Å². The van der Waals surface area contributed by atoms with Gasteiger partial charge >= 0.3 is 0 Å². The lowest BCUT2D eigenvalue weighted by molar-refractivity contribution is -0.119. The van der Waals surface area contributed by atoms with Crippen molar-refractivity contribution in [1.82, 2.24) is 10.5 Å². The van der Waals surface area contributed by atoms with Gasteiger partial charge in [-0.25, -0.2) is 0 Å². The number of nitrogens with zero attached hydrogens (tertiary/aromatic N) is 1. The van der Waals surface area contributed by atoms with Crippen molar-refractivity contribution in [2.75, 3.05) is 18.4 Å². The van der Waals surface area contributed by atoms with E-state index in [4.69, 9.17) is 4.52 Å². The number of amides is 1. The molecule has 0 saturated carbocycles. The maximum atomic E-state index is 11.7. The Morgan fingerprint density at radius 1 is 1.50 bits per heavy atom. The van der Waals surface area contributed by atoms with Crippen LogP contribution in [0.4, 0.5) is 5.88 Å². The smallest absolute Gasteiger partial charge is 0.234 e. The summed E-state index contributed by atoms with van der Waals surface area (Å²) in [5.74, 6) is 0.302. The van der Waals surface area contributed by atoms with Gasteiger partial charge in [0, 0.05) is 18.0 Å². The summed E-state index contributed by atoms with van der Waals surface area (Å²) in [6, 6.07) is 0. The van der Waals surface area contributed by atoms with E-state index >= 15 is 0 Å². The Morgan fingerprint density at radius 2 is 2.19 bits per heavy atom. The summed E-state index contributed by atoms with van der Waals surface area (Å²) in [7, 11) is 0. The third-order valence-electron chi connectivity index (χ3n) is 2.54. The van der Waals surface area contributed by atoms with Crippen LogP contribution in [0.25, 0.3) is 0 Å². The average Bonchev–Trinajstić information content (AvgIpc) is 2.57. The highest BCUT2D eigenvalue weighted by molar-refractivity contribution is 5.91. The SMILES string of the molecule is CCNCC(C)C(=O)Nc1onc(C)c1C. The summed E-state index contributed by atoms with van der Waals surface area (Å²) in [5.41, 5.74) is 1.68. The molecular formula is C11H19N3O2. The van der Waals surface area contributed by atoms with Gasteiger partial charge in [0.2, 0.25) is 11.8 Å². The van der Waals surface area contributed by atoms with E-state index in [1.807, 2.05) is 27.7 Å². The quantitative estimate of drug-likeness (QED) is 0.796. The molecule has 1 heterocycles. The molecule has 2 N–H and O–H groups in total. The van der Waals surface area contributed by atoms with Crippen molar-refractivity contribution in [3.05, 3.63) is 11.3 Å². The number of hydrogen-bond acceptors (Lipinski definition) is 4. The van der Waals surface area contributed by atoms with E-state index in [9.17, 15) is 4.79 Å². The summed E-state index contributed by atoms with van der Waals surface area (Å²) in [6.07, 6.45) is 0. The average molecular weight is 225 g/mol. The van der Waals surface area contributed by atoms with Gasteiger partial charge in [0.1, 0.15) is 0 Å². The number of hydrogen-bond donors (Lipinski definition) is 2. The number of aryl methyl sites for hydroxylation is 1. The number of anilines is 1. The molecule has 16 heavy (non-hydrogen) atoms. The van der Waals surface area contributed by atoms with Gasteiger partial charge in [0.15, 0.2) is 0 Å². The van der Waals surface area contributed by atoms with Crippen LogP contribution in [0.2, 0.25) is 0 Å². The molecule has 1 rings (SSSR count). The normalized spacial score (nSPS) is 12.5. The van der Waals surface area contributed by atoms with E-state index in [0.717, 1.165) is 17.8 Å². The summed E-state index contributed by atoms with van der Waals surface area (Å²) >= 11 is 0. The zero-order chi connectivity index (χ0) is 12.1. The van der Waals surface area contributed by atoms with Crippen molar-refractivity contribution in [1.29, 1.82) is 0 Å². The number of rotatable bonds is 5. The maximum absolute atomic E-state index is 11.7. The van der Waals surface area contributed by atoms with Gasteiger partial charge in [-0.05, 0) is 20.4 Å². The highest BCUT2D eigenvalue weighted by Crippen LogP contribution is 2.17. The first kappa shape index (κ1) is 12.7. The summed E-state index contributed by atoms with van der Waals surface area (Å²) in [6.45, 7) is 9.12. The molecular weight excluding hydrogens is 206 g/mol. The molecule has 90 valence electrons. The van der Waals surface area contributed by atoms with E-state index < -0.39 is 0 Å². The van der Waals surface area contributed by atoms with E-state index in [0.29, 0.717) is 12.4 Å². The number of nitrogens with one attached hydrogen (secondary N) is 2. The largest absolute Gasteiger partial charge is 0.338 e. The number of aromatic nitrogens is 1. The molecule has 0 radical (unpaired) electrons. The second kappa shape index (κ2) is 5.65. The minimum atomic E-state index is -0.0928. The minimum Gasteiger partial charge on any atom is -0.338 e. The van der Waals surface area contributed by atoms with Crippen LogP contribution in [0.1, 0.15) is 25.1 Å². The standard InChI is InChI=1S/C11H19N3O2/c1-5-12-6-7(2)10(15)13-11-8(3)9(4)14-16-11/h7,12H,5-6H2,1-4H3,(H,13,15). The molecule has 0 aliphatic carbocycles. The van der Waals surface area contributed by atoms with Crippen LogP contribution in [0.5, 0.6) is 0 Å². The molecule has 5 nitrogen and oxygen atoms in total. The predicted octanol–water partition coefficient (Wildman–Crippen LogP) is 1.48. The molecule has 0 saturated heterocycles. The van der Waals surface area contributed by atoms with Gasteiger partial charge in [-0.2, -0.15) is 0 Å². The maximum Gasteiger partial charge on any atom is 0.234 e. The van der Waals surface area contributed by atoms with Gasteiger partial charge < -0.3 is 9.84 Å². The number of carbonyl (C=O) groups is 1. The van der Waals surface area contributed by atoms with Crippen molar-refractivity contribution in [3.63, 3.8) is 0 Å². The highest BCUT2D eigenvalue weighted by atomic mass is 16.5. The van der Waals surface area contributed by atoms with Crippen molar-refractivity contribution in [2.24, 2.45) is 5.92 Å². The van der Waals surface area contributed by atoms with Crippen molar-refractivity contribution < 1.29 is 9.32 Å². The fourth-order valence-electron chi connectivity index (χ4n) is 1.22. The molecule has 1 aromatic rings. The summed E-state index contributed by atoms with van der Waals surface area (Å²) < 4.78 is 5.02. The van der Waals surface area contributed by atoms with Gasteiger partial charge in [-0.1, -0.05) is 19.0 Å². The first-order valence-electron chi connectivity index (χ1n) is 5.50. The molecule has 1 aromatic heterocycles. The zero-order valence-electron chi connectivity index (χ0n) is 10.3. The lowest BCUT2D eigenvalue weighted by Crippen LogP contribution is -2.30. The Bertz CT molecular complexity index is 360. The third kappa shape index (κ3) is 3.06. The van der Waals surface area contributed by atoms with Crippen LogP contribution in [0, 0.1) is 19.8 Å². The lowest BCUT2D eigenvalue weighted by Gasteiger charge is -2.10. The summed E-state index contributed by atoms with van der Waals surface area (Å²) in [5, 5.41) is 9.64. The lowest BCUT2D eigenvalue weighted by atomic mass is 10.1. The molecule has 1 unspecified atom stereocenters. The first-order valence-corrected chi connectivity index (χ1v) is 5.50. The van der Waals surface area contributed by atoms with Crippen LogP contribution < -0.4 is 10.6 Å². The van der Waals surface area contributed by atoms with Gasteiger partial charge in [-0.3, -0.25) is 10.1 Å². The highest BCUT2D eigenvalue weighted by Gasteiger charge is 2.16. The Labute approximate surface area is 95.6 Å². The van der Waals surface area contributed by atoms with E-state index in [1.54, 1.807) is 0 Å². The first-order chi connectivity index (χ1) is 7.56. The summed E-state index contributed by atoms with van der Waals surface area (Å²) in [4.78, 5) is 11.7.